The largest absolute Gasteiger partial charge is 0.394 e. The van der Waals surface area contributed by atoms with Gasteiger partial charge in [0.1, 0.15) is 31.0 Å². The number of hydrogen-bond acceptors (Lipinski definition) is 8. The fourth-order valence-electron chi connectivity index (χ4n) is 8.56. The molecule has 0 spiro atoms. The summed E-state index contributed by atoms with van der Waals surface area (Å²) in [5.74, 6) is 1.72. The van der Waals surface area contributed by atoms with E-state index in [0.29, 0.717) is 24.2 Å². The van der Waals surface area contributed by atoms with E-state index in [1.807, 2.05) is 6.08 Å². The fraction of sp³-hybridized carbons (Fsp3) is 0.852. The second-order valence-electron chi connectivity index (χ2n) is 12.1. The Bertz CT molecular complexity index is 884. The second kappa shape index (κ2) is 9.30. The Labute approximate surface area is 206 Å². The monoisotopic (exact) mass is 492 g/mol. The Kier molecular flexibility index (Phi) is 6.77. The van der Waals surface area contributed by atoms with Crippen molar-refractivity contribution >= 4 is 11.6 Å². The summed E-state index contributed by atoms with van der Waals surface area (Å²) in [6.07, 6.45) is 2.63. The molecule has 1 aliphatic heterocycles. The first-order chi connectivity index (χ1) is 16.6. The predicted molar refractivity (Wildman–Crippen MR) is 125 cm³/mol. The highest BCUT2D eigenvalue weighted by Crippen LogP contribution is 2.66. The molecule has 0 aromatic heterocycles. The number of rotatable bonds is 5. The number of ether oxygens (including phenoxy) is 2. The minimum absolute atomic E-state index is 0.0173. The molecule has 0 bridgehead atoms. The van der Waals surface area contributed by atoms with Crippen LogP contribution in [0.5, 0.6) is 0 Å². The predicted octanol–water partition coefficient (Wildman–Crippen LogP) is 1.52. The van der Waals surface area contributed by atoms with Crippen molar-refractivity contribution in [2.75, 3.05) is 13.2 Å². The number of fused-ring (bicyclic) bond motifs is 5. The van der Waals surface area contributed by atoms with Gasteiger partial charge in [-0.3, -0.25) is 9.59 Å². The average molecular weight is 493 g/mol. The standard InChI is InChI=1S/C27H40O8/c1-26-9-7-15(29)11-14(26)3-4-16-17-5-6-19(27(17,2)10-8-18(16)26)20(30)13-34-25-24(33)23(32)22(31)21(12-28)35-25/h11,16-19,21-25,28,31-33H,3-10,12-13H2,1-2H3/t16-,17-,18-,19+,21+,22+,23-,24+,25+,26+,27-/m1/s1. The molecule has 1 heterocycles. The van der Waals surface area contributed by atoms with Gasteiger partial charge in [0.15, 0.2) is 17.9 Å². The molecule has 5 aliphatic rings. The molecule has 0 radical (unpaired) electrons. The molecule has 1 saturated heterocycles. The van der Waals surface area contributed by atoms with Gasteiger partial charge in [0.25, 0.3) is 0 Å². The van der Waals surface area contributed by atoms with Crippen molar-refractivity contribution < 1.29 is 39.5 Å². The highest BCUT2D eigenvalue weighted by atomic mass is 16.7. The van der Waals surface area contributed by atoms with Crippen molar-refractivity contribution in [2.45, 2.75) is 95.9 Å². The van der Waals surface area contributed by atoms with Crippen LogP contribution >= 0.6 is 0 Å². The zero-order valence-electron chi connectivity index (χ0n) is 20.8. The number of carbonyl (C=O) groups excluding carboxylic acids is 2. The topological polar surface area (TPSA) is 134 Å². The Hall–Kier alpha value is -1.16. The summed E-state index contributed by atoms with van der Waals surface area (Å²) < 4.78 is 11.0. The molecule has 0 aromatic rings. The number of ketones is 2. The van der Waals surface area contributed by atoms with Gasteiger partial charge < -0.3 is 29.9 Å². The number of Topliss-reactive ketones (excluding diaryl/α,β-unsaturated/α-hetero) is 1. The summed E-state index contributed by atoms with van der Waals surface area (Å²) in [7, 11) is 0. The molecule has 4 aliphatic carbocycles. The van der Waals surface area contributed by atoms with Crippen LogP contribution in [0.15, 0.2) is 11.6 Å². The van der Waals surface area contributed by atoms with Crippen molar-refractivity contribution in [3.63, 3.8) is 0 Å². The maximum atomic E-state index is 13.4. The van der Waals surface area contributed by atoms with Crippen molar-refractivity contribution in [3.8, 4) is 0 Å². The van der Waals surface area contributed by atoms with Gasteiger partial charge in [0.05, 0.1) is 6.61 Å². The van der Waals surface area contributed by atoms with E-state index in [9.17, 15) is 30.0 Å². The van der Waals surface area contributed by atoms with Crippen LogP contribution in [-0.2, 0) is 19.1 Å². The van der Waals surface area contributed by atoms with Crippen LogP contribution in [0, 0.1) is 34.5 Å². The molecule has 8 heteroatoms. The molecule has 0 aromatic carbocycles. The molecule has 196 valence electrons. The van der Waals surface area contributed by atoms with Crippen molar-refractivity contribution in [1.29, 1.82) is 0 Å². The lowest BCUT2D eigenvalue weighted by molar-refractivity contribution is -0.299. The Balaban J connectivity index is 1.26. The maximum Gasteiger partial charge on any atom is 0.187 e. The average Bonchev–Trinajstić information content (AvgIpc) is 3.20. The molecule has 0 amide bonds. The van der Waals surface area contributed by atoms with Gasteiger partial charge in [-0.25, -0.2) is 0 Å². The van der Waals surface area contributed by atoms with Gasteiger partial charge in [0.2, 0.25) is 0 Å². The molecule has 3 saturated carbocycles. The van der Waals surface area contributed by atoms with E-state index in [-0.39, 0.29) is 34.9 Å². The van der Waals surface area contributed by atoms with Crippen LogP contribution in [0.3, 0.4) is 0 Å². The first kappa shape index (κ1) is 25.5. The molecule has 11 atom stereocenters. The lowest BCUT2D eigenvalue weighted by Crippen LogP contribution is -2.59. The second-order valence-corrected chi connectivity index (χ2v) is 12.1. The number of carbonyl (C=O) groups is 2. The van der Waals surface area contributed by atoms with Crippen LogP contribution in [0.4, 0.5) is 0 Å². The quantitative estimate of drug-likeness (QED) is 0.454. The lowest BCUT2D eigenvalue weighted by atomic mass is 9.46. The first-order valence-electron chi connectivity index (χ1n) is 13.3. The van der Waals surface area contributed by atoms with Gasteiger partial charge >= 0.3 is 0 Å². The van der Waals surface area contributed by atoms with E-state index in [1.165, 1.54) is 5.57 Å². The third kappa shape index (κ3) is 4.05. The van der Waals surface area contributed by atoms with E-state index >= 15 is 0 Å². The lowest BCUT2D eigenvalue weighted by Gasteiger charge is -2.58. The highest BCUT2D eigenvalue weighted by molar-refractivity contribution is 5.91. The van der Waals surface area contributed by atoms with Gasteiger partial charge in [-0.15, -0.1) is 0 Å². The highest BCUT2D eigenvalue weighted by Gasteiger charge is 2.60. The molecule has 8 nitrogen and oxygen atoms in total. The van der Waals surface area contributed by atoms with Gasteiger partial charge in [-0.05, 0) is 79.6 Å². The van der Waals surface area contributed by atoms with E-state index < -0.39 is 37.3 Å². The maximum absolute atomic E-state index is 13.4. The third-order valence-electron chi connectivity index (χ3n) is 10.6. The molecular weight excluding hydrogens is 452 g/mol. The van der Waals surface area contributed by atoms with Crippen molar-refractivity contribution in [3.05, 3.63) is 11.6 Å². The summed E-state index contributed by atoms with van der Waals surface area (Å²) >= 11 is 0. The summed E-state index contributed by atoms with van der Waals surface area (Å²) in [5.41, 5.74) is 1.35. The normalized spacial score (nSPS) is 49.6. The van der Waals surface area contributed by atoms with E-state index in [0.717, 1.165) is 44.9 Å². The Morgan fingerprint density at radius 1 is 1.03 bits per heavy atom. The molecule has 5 rings (SSSR count). The van der Waals surface area contributed by atoms with Gasteiger partial charge in [-0.1, -0.05) is 19.4 Å². The molecule has 4 N–H and O–H groups in total. The summed E-state index contributed by atoms with van der Waals surface area (Å²) in [6.45, 7) is 3.84. The minimum Gasteiger partial charge on any atom is -0.394 e. The summed E-state index contributed by atoms with van der Waals surface area (Å²) in [5, 5.41) is 39.5. The SMILES string of the molecule is C[C@@]12CC[C@@H]3[C@H](CCC4=CC(=O)CC[C@@]43C)[C@H]1CC[C@H]2C(=O)CO[C@H]1O[C@@H](CO)[C@H](O)[C@@H](O)[C@@H]1O. The van der Waals surface area contributed by atoms with Crippen molar-refractivity contribution in [2.24, 2.45) is 34.5 Å². The summed E-state index contributed by atoms with van der Waals surface area (Å²) in [4.78, 5) is 25.4. The zero-order chi connectivity index (χ0) is 25.1. The molecule has 0 unspecified atom stereocenters. The van der Waals surface area contributed by atoms with Crippen LogP contribution < -0.4 is 0 Å². The van der Waals surface area contributed by atoms with Gasteiger partial charge in [-0.2, -0.15) is 0 Å². The zero-order valence-corrected chi connectivity index (χ0v) is 20.8. The molecular formula is C27H40O8. The van der Waals surface area contributed by atoms with Crippen LogP contribution in [0.25, 0.3) is 0 Å². The third-order valence-corrected chi connectivity index (χ3v) is 10.6. The van der Waals surface area contributed by atoms with Crippen LogP contribution in [0.1, 0.15) is 65.2 Å². The van der Waals surface area contributed by atoms with E-state index in [4.69, 9.17) is 9.47 Å². The number of allylic oxidation sites excluding steroid dienone is 1. The van der Waals surface area contributed by atoms with E-state index in [2.05, 4.69) is 13.8 Å². The van der Waals surface area contributed by atoms with Crippen LogP contribution in [0.2, 0.25) is 0 Å². The molecule has 35 heavy (non-hydrogen) atoms. The number of aliphatic hydroxyl groups is 4. The number of aliphatic hydroxyl groups excluding tert-OH is 4. The summed E-state index contributed by atoms with van der Waals surface area (Å²) in [6, 6.07) is 0. The van der Waals surface area contributed by atoms with E-state index in [1.54, 1.807) is 0 Å². The Morgan fingerprint density at radius 3 is 2.54 bits per heavy atom. The number of hydrogen-bond donors (Lipinski definition) is 4. The van der Waals surface area contributed by atoms with Gasteiger partial charge in [0, 0.05) is 12.3 Å². The molecule has 4 fully saturated rings. The fourth-order valence-corrected chi connectivity index (χ4v) is 8.56. The Morgan fingerprint density at radius 2 is 1.80 bits per heavy atom. The first-order valence-corrected chi connectivity index (χ1v) is 13.3. The van der Waals surface area contributed by atoms with Crippen molar-refractivity contribution in [1.82, 2.24) is 0 Å². The van der Waals surface area contributed by atoms with Crippen LogP contribution in [-0.4, -0.2) is 75.9 Å². The minimum atomic E-state index is -1.52. The smallest absolute Gasteiger partial charge is 0.187 e.